The quantitative estimate of drug-likeness (QED) is 0.874. The number of benzene rings is 1. The van der Waals surface area contributed by atoms with Crippen molar-refractivity contribution in [3.63, 3.8) is 0 Å². The van der Waals surface area contributed by atoms with Gasteiger partial charge in [0.25, 0.3) is 0 Å². The van der Waals surface area contributed by atoms with E-state index in [0.717, 1.165) is 17.3 Å². The third-order valence-electron chi connectivity index (χ3n) is 2.21. The largest absolute Gasteiger partial charge is 0.480 e. The molecule has 1 rings (SSSR count). The van der Waals surface area contributed by atoms with Crippen LogP contribution in [-0.2, 0) is 16.0 Å². The van der Waals surface area contributed by atoms with Crippen LogP contribution in [0.15, 0.2) is 30.3 Å². The third kappa shape index (κ3) is 3.38. The first-order valence-corrected chi connectivity index (χ1v) is 5.72. The molecular weight excluding hydrogens is 224 g/mol. The summed E-state index contributed by atoms with van der Waals surface area (Å²) < 4.78 is -1.09. The van der Waals surface area contributed by atoms with E-state index in [2.05, 4.69) is 0 Å². The van der Waals surface area contributed by atoms with Gasteiger partial charge >= 0.3 is 5.97 Å². The van der Waals surface area contributed by atoms with Crippen LogP contribution in [0.5, 0.6) is 0 Å². The number of aliphatic carboxylic acids is 1. The predicted molar refractivity (Wildman–Crippen MR) is 64.5 cm³/mol. The van der Waals surface area contributed by atoms with Gasteiger partial charge in [0.2, 0.25) is 0 Å². The number of carbonyl (C=O) groups is 2. The molecule has 0 aromatic heterocycles. The summed E-state index contributed by atoms with van der Waals surface area (Å²) in [6.07, 6.45) is 0.341. The zero-order valence-corrected chi connectivity index (χ0v) is 10.1. The monoisotopic (exact) mass is 238 g/mol. The van der Waals surface area contributed by atoms with Gasteiger partial charge in [0.05, 0.1) is 0 Å². The van der Waals surface area contributed by atoms with Crippen LogP contribution in [0.25, 0.3) is 0 Å². The van der Waals surface area contributed by atoms with Gasteiger partial charge in [0, 0.05) is 6.92 Å². The Morgan fingerprint density at radius 1 is 1.31 bits per heavy atom. The molecule has 0 amide bonds. The van der Waals surface area contributed by atoms with E-state index in [9.17, 15) is 9.59 Å². The molecule has 16 heavy (non-hydrogen) atoms. The van der Waals surface area contributed by atoms with Crippen LogP contribution in [-0.4, -0.2) is 20.9 Å². The Bertz CT molecular complexity index is 389. The zero-order chi connectivity index (χ0) is 12.2. The number of hydrogen-bond acceptors (Lipinski definition) is 3. The van der Waals surface area contributed by atoms with Crippen LogP contribution in [0, 0.1) is 0 Å². The summed E-state index contributed by atoms with van der Waals surface area (Å²) >= 11 is 0.866. The number of hydrogen-bond donors (Lipinski definition) is 1. The molecule has 1 N–H and O–H groups in total. The van der Waals surface area contributed by atoms with Crippen molar-refractivity contribution in [3.05, 3.63) is 35.9 Å². The molecule has 0 saturated carbocycles. The van der Waals surface area contributed by atoms with Crippen LogP contribution < -0.4 is 0 Å². The summed E-state index contributed by atoms with van der Waals surface area (Å²) in [6.45, 7) is 2.96. The number of carboxylic acid groups (broad SMARTS) is 1. The second-order valence-electron chi connectivity index (χ2n) is 3.79. The van der Waals surface area contributed by atoms with Gasteiger partial charge in [0.15, 0.2) is 5.12 Å². The molecule has 1 aromatic rings. The van der Waals surface area contributed by atoms with E-state index in [1.807, 2.05) is 30.3 Å². The summed E-state index contributed by atoms with van der Waals surface area (Å²) in [7, 11) is 0. The maximum absolute atomic E-state index is 11.2. The lowest BCUT2D eigenvalue weighted by Gasteiger charge is -2.22. The van der Waals surface area contributed by atoms with Gasteiger partial charge in [-0.1, -0.05) is 42.1 Å². The summed E-state index contributed by atoms with van der Waals surface area (Å²) in [4.78, 5) is 22.2. The smallest absolute Gasteiger partial charge is 0.320 e. The average molecular weight is 238 g/mol. The molecule has 0 heterocycles. The summed E-state index contributed by atoms with van der Waals surface area (Å²) in [5.74, 6) is -0.962. The molecule has 0 aliphatic heterocycles. The lowest BCUT2D eigenvalue weighted by Crippen LogP contribution is -2.35. The molecule has 0 spiro atoms. The Labute approximate surface area is 98.9 Å². The van der Waals surface area contributed by atoms with Gasteiger partial charge in [-0.25, -0.2) is 0 Å². The molecule has 0 bridgehead atoms. The summed E-state index contributed by atoms with van der Waals surface area (Å²) in [6, 6.07) is 9.32. The molecule has 86 valence electrons. The van der Waals surface area contributed by atoms with Gasteiger partial charge in [-0.2, -0.15) is 0 Å². The second kappa shape index (κ2) is 5.16. The predicted octanol–water partition coefficient (Wildman–Crippen LogP) is 2.35. The molecule has 3 nitrogen and oxygen atoms in total. The minimum absolute atomic E-state index is 0.180. The molecule has 0 aliphatic carbocycles. The highest BCUT2D eigenvalue weighted by atomic mass is 32.2. The van der Waals surface area contributed by atoms with E-state index in [0.29, 0.717) is 6.42 Å². The van der Waals surface area contributed by atoms with Crippen molar-refractivity contribution >= 4 is 22.8 Å². The molecule has 0 fully saturated rings. The van der Waals surface area contributed by atoms with E-state index in [1.54, 1.807) is 6.92 Å². The fraction of sp³-hybridized carbons (Fsp3) is 0.333. The SMILES string of the molecule is CC(=O)SC(C)(Cc1ccccc1)C(=O)O. The summed E-state index contributed by atoms with van der Waals surface area (Å²) in [5, 5.41) is 8.99. The lowest BCUT2D eigenvalue weighted by molar-refractivity contribution is -0.139. The molecular formula is C12H14O3S. The van der Waals surface area contributed by atoms with Crippen LogP contribution in [0.2, 0.25) is 0 Å². The van der Waals surface area contributed by atoms with Crippen molar-refractivity contribution < 1.29 is 14.7 Å². The van der Waals surface area contributed by atoms with Gasteiger partial charge in [-0.05, 0) is 18.9 Å². The fourth-order valence-electron chi connectivity index (χ4n) is 1.46. The van der Waals surface area contributed by atoms with E-state index in [1.165, 1.54) is 6.92 Å². The minimum Gasteiger partial charge on any atom is -0.480 e. The number of thioether (sulfide) groups is 1. The fourth-order valence-corrected chi connectivity index (χ4v) is 2.42. The minimum atomic E-state index is -1.09. The van der Waals surface area contributed by atoms with Crippen molar-refractivity contribution in [3.8, 4) is 0 Å². The topological polar surface area (TPSA) is 54.4 Å². The van der Waals surface area contributed by atoms with E-state index < -0.39 is 10.7 Å². The molecule has 1 aromatic carbocycles. The van der Waals surface area contributed by atoms with Crippen molar-refractivity contribution in [2.45, 2.75) is 25.0 Å². The highest BCUT2D eigenvalue weighted by Crippen LogP contribution is 2.30. The Morgan fingerprint density at radius 2 is 1.88 bits per heavy atom. The Kier molecular flexibility index (Phi) is 4.12. The first kappa shape index (κ1) is 12.8. The van der Waals surface area contributed by atoms with E-state index in [4.69, 9.17) is 5.11 Å². The molecule has 0 aliphatic rings. The maximum Gasteiger partial charge on any atom is 0.320 e. The second-order valence-corrected chi connectivity index (χ2v) is 5.47. The first-order chi connectivity index (χ1) is 7.44. The van der Waals surface area contributed by atoms with Gasteiger partial charge in [-0.3, -0.25) is 9.59 Å². The highest BCUT2D eigenvalue weighted by Gasteiger charge is 2.35. The van der Waals surface area contributed by atoms with E-state index >= 15 is 0 Å². The lowest BCUT2D eigenvalue weighted by atomic mass is 10.0. The van der Waals surface area contributed by atoms with Crippen molar-refractivity contribution in [1.29, 1.82) is 0 Å². The molecule has 1 atom stereocenters. The Balaban J connectivity index is 2.87. The number of carbonyl (C=O) groups excluding carboxylic acids is 1. The van der Waals surface area contributed by atoms with Crippen LogP contribution in [0.1, 0.15) is 19.4 Å². The van der Waals surface area contributed by atoms with Crippen molar-refractivity contribution in [2.75, 3.05) is 0 Å². The normalized spacial score (nSPS) is 14.1. The number of rotatable bonds is 4. The van der Waals surface area contributed by atoms with Gasteiger partial charge < -0.3 is 5.11 Å². The Hall–Kier alpha value is -1.29. The molecule has 1 unspecified atom stereocenters. The molecule has 0 saturated heterocycles. The van der Waals surface area contributed by atoms with E-state index in [-0.39, 0.29) is 5.12 Å². The molecule has 0 radical (unpaired) electrons. The summed E-state index contributed by atoms with van der Waals surface area (Å²) in [5.41, 5.74) is 0.918. The number of carboxylic acids is 1. The van der Waals surface area contributed by atoms with Crippen LogP contribution in [0.4, 0.5) is 0 Å². The highest BCUT2D eigenvalue weighted by molar-refractivity contribution is 8.15. The molecule has 4 heteroatoms. The first-order valence-electron chi connectivity index (χ1n) is 4.91. The van der Waals surface area contributed by atoms with Crippen molar-refractivity contribution in [1.82, 2.24) is 0 Å². The third-order valence-corrected chi connectivity index (χ3v) is 3.26. The van der Waals surface area contributed by atoms with Crippen molar-refractivity contribution in [2.24, 2.45) is 0 Å². The zero-order valence-electron chi connectivity index (χ0n) is 9.27. The van der Waals surface area contributed by atoms with Crippen LogP contribution in [0.3, 0.4) is 0 Å². The Morgan fingerprint density at radius 3 is 2.31 bits per heavy atom. The van der Waals surface area contributed by atoms with Gasteiger partial charge in [0.1, 0.15) is 4.75 Å². The maximum atomic E-state index is 11.2. The standard InChI is InChI=1S/C12H14O3S/c1-9(13)16-12(2,11(14)15)8-10-6-4-3-5-7-10/h3-7H,8H2,1-2H3,(H,14,15). The van der Waals surface area contributed by atoms with Gasteiger partial charge in [-0.15, -0.1) is 0 Å². The average Bonchev–Trinajstić information content (AvgIpc) is 2.17. The van der Waals surface area contributed by atoms with Crippen LogP contribution >= 0.6 is 11.8 Å².